The molecule has 13 heavy (non-hydrogen) atoms. The molecule has 0 aromatic carbocycles. The predicted molar refractivity (Wildman–Crippen MR) is 43.0 cm³/mol. The molecule has 1 aromatic heterocycles. The monoisotopic (exact) mass is 185 g/mol. The second-order valence-electron chi connectivity index (χ2n) is 2.27. The number of H-pyrrole nitrogens is 1. The van der Waals surface area contributed by atoms with Gasteiger partial charge in [0.15, 0.2) is 11.5 Å². The summed E-state index contributed by atoms with van der Waals surface area (Å²) in [6, 6.07) is 1.92. The van der Waals surface area contributed by atoms with E-state index in [4.69, 9.17) is 0 Å². The summed E-state index contributed by atoms with van der Waals surface area (Å²) in [5, 5.41) is 0. The summed E-state index contributed by atoms with van der Waals surface area (Å²) in [5.41, 5.74) is -0.973. The van der Waals surface area contributed by atoms with Gasteiger partial charge in [0.05, 0.1) is 6.61 Å². The van der Waals surface area contributed by atoms with Gasteiger partial charge >= 0.3 is 5.97 Å². The van der Waals surface area contributed by atoms with Crippen molar-refractivity contribution in [1.29, 1.82) is 0 Å². The van der Waals surface area contributed by atoms with E-state index in [9.17, 15) is 14.0 Å². The van der Waals surface area contributed by atoms with Crippen LogP contribution in [0.5, 0.6) is 0 Å². The SMILES string of the molecule is CCOC(=O)c1[nH]c(=O)ccc1F. The summed E-state index contributed by atoms with van der Waals surface area (Å²) >= 11 is 0. The fourth-order valence-corrected chi connectivity index (χ4v) is 0.809. The maximum Gasteiger partial charge on any atom is 0.357 e. The number of ether oxygens (including phenoxy) is 1. The highest BCUT2D eigenvalue weighted by molar-refractivity contribution is 5.87. The third-order valence-corrected chi connectivity index (χ3v) is 1.35. The Morgan fingerprint density at radius 2 is 2.31 bits per heavy atom. The summed E-state index contributed by atoms with van der Waals surface area (Å²) in [4.78, 5) is 23.8. The van der Waals surface area contributed by atoms with Crippen LogP contribution in [0.4, 0.5) is 4.39 Å². The van der Waals surface area contributed by atoms with Gasteiger partial charge in [-0.25, -0.2) is 9.18 Å². The number of esters is 1. The maximum absolute atomic E-state index is 12.9. The maximum atomic E-state index is 12.9. The first-order chi connectivity index (χ1) is 6.15. The predicted octanol–water partition coefficient (Wildman–Crippen LogP) is 0.691. The van der Waals surface area contributed by atoms with Gasteiger partial charge in [-0.1, -0.05) is 0 Å². The van der Waals surface area contributed by atoms with Crippen molar-refractivity contribution in [1.82, 2.24) is 4.98 Å². The molecule has 0 aliphatic heterocycles. The average molecular weight is 185 g/mol. The molecule has 0 unspecified atom stereocenters. The van der Waals surface area contributed by atoms with Gasteiger partial charge < -0.3 is 9.72 Å². The first-order valence-corrected chi connectivity index (χ1v) is 3.71. The molecule has 0 amide bonds. The largest absolute Gasteiger partial charge is 0.461 e. The fourth-order valence-electron chi connectivity index (χ4n) is 0.809. The summed E-state index contributed by atoms with van der Waals surface area (Å²) in [5.74, 6) is -1.66. The van der Waals surface area contributed by atoms with Gasteiger partial charge in [0.1, 0.15) is 0 Å². The van der Waals surface area contributed by atoms with Crippen LogP contribution in [0.3, 0.4) is 0 Å². The van der Waals surface area contributed by atoms with E-state index in [2.05, 4.69) is 9.72 Å². The normalized spacial score (nSPS) is 9.69. The van der Waals surface area contributed by atoms with Gasteiger partial charge in [0.25, 0.3) is 0 Å². The van der Waals surface area contributed by atoms with Crippen molar-refractivity contribution >= 4 is 5.97 Å². The van der Waals surface area contributed by atoms with E-state index in [-0.39, 0.29) is 6.61 Å². The van der Waals surface area contributed by atoms with Crippen LogP contribution in [0.1, 0.15) is 17.4 Å². The lowest BCUT2D eigenvalue weighted by molar-refractivity contribution is 0.0513. The van der Waals surface area contributed by atoms with Crippen molar-refractivity contribution in [2.45, 2.75) is 6.92 Å². The van der Waals surface area contributed by atoms with Crippen molar-refractivity contribution in [2.75, 3.05) is 6.61 Å². The van der Waals surface area contributed by atoms with Crippen molar-refractivity contribution in [3.05, 3.63) is 34.0 Å². The topological polar surface area (TPSA) is 59.2 Å². The number of aromatic amines is 1. The van der Waals surface area contributed by atoms with Crippen molar-refractivity contribution in [2.24, 2.45) is 0 Å². The minimum absolute atomic E-state index is 0.134. The van der Waals surface area contributed by atoms with Gasteiger partial charge in [-0.2, -0.15) is 0 Å². The molecular weight excluding hydrogens is 177 g/mol. The van der Waals surface area contributed by atoms with E-state index >= 15 is 0 Å². The zero-order valence-electron chi connectivity index (χ0n) is 6.96. The Labute approximate surface area is 73.3 Å². The Bertz CT molecular complexity index is 372. The molecule has 4 nitrogen and oxygen atoms in total. The summed E-state index contributed by atoms with van der Waals surface area (Å²) in [6.07, 6.45) is 0. The Morgan fingerprint density at radius 1 is 1.62 bits per heavy atom. The lowest BCUT2D eigenvalue weighted by atomic mass is 10.3. The van der Waals surface area contributed by atoms with Gasteiger partial charge in [-0.15, -0.1) is 0 Å². The third kappa shape index (κ3) is 2.14. The molecule has 0 aliphatic rings. The molecule has 0 fully saturated rings. The van der Waals surface area contributed by atoms with Crippen LogP contribution < -0.4 is 5.56 Å². The molecule has 0 saturated heterocycles. The van der Waals surface area contributed by atoms with E-state index in [1.807, 2.05) is 0 Å². The van der Waals surface area contributed by atoms with E-state index in [0.29, 0.717) is 0 Å². The average Bonchev–Trinajstić information content (AvgIpc) is 2.09. The van der Waals surface area contributed by atoms with Gasteiger partial charge in [0, 0.05) is 6.07 Å². The van der Waals surface area contributed by atoms with Crippen LogP contribution in [-0.4, -0.2) is 17.6 Å². The van der Waals surface area contributed by atoms with Gasteiger partial charge in [0.2, 0.25) is 5.56 Å². The Balaban J connectivity index is 3.06. The molecule has 70 valence electrons. The van der Waals surface area contributed by atoms with E-state index in [1.165, 1.54) is 0 Å². The Hall–Kier alpha value is -1.65. The minimum Gasteiger partial charge on any atom is -0.461 e. The number of hydrogen-bond donors (Lipinski definition) is 1. The van der Waals surface area contributed by atoms with Crippen LogP contribution in [0.25, 0.3) is 0 Å². The van der Waals surface area contributed by atoms with Crippen molar-refractivity contribution in [3.8, 4) is 0 Å². The summed E-state index contributed by atoms with van der Waals surface area (Å²) in [6.45, 7) is 1.73. The molecule has 0 aliphatic carbocycles. The van der Waals surface area contributed by atoms with Crippen LogP contribution >= 0.6 is 0 Å². The molecular formula is C8H8FNO3. The molecule has 1 rings (SSSR count). The van der Waals surface area contributed by atoms with E-state index in [0.717, 1.165) is 12.1 Å². The van der Waals surface area contributed by atoms with E-state index in [1.54, 1.807) is 6.92 Å². The second kappa shape index (κ2) is 3.84. The molecule has 0 saturated carbocycles. The van der Waals surface area contributed by atoms with Crippen molar-refractivity contribution < 1.29 is 13.9 Å². The molecule has 1 heterocycles. The first-order valence-electron chi connectivity index (χ1n) is 3.71. The van der Waals surface area contributed by atoms with Crippen molar-refractivity contribution in [3.63, 3.8) is 0 Å². The molecule has 5 heteroatoms. The minimum atomic E-state index is -0.863. The zero-order valence-corrected chi connectivity index (χ0v) is 6.96. The number of halogens is 1. The van der Waals surface area contributed by atoms with Crippen LogP contribution in [0.2, 0.25) is 0 Å². The van der Waals surface area contributed by atoms with Crippen LogP contribution in [0, 0.1) is 5.82 Å². The molecule has 1 aromatic rings. The molecule has 0 bridgehead atoms. The number of rotatable bonds is 2. The lowest BCUT2D eigenvalue weighted by Crippen LogP contribution is -2.16. The number of carbonyl (C=O) groups excluding carboxylic acids is 1. The molecule has 0 atom stereocenters. The van der Waals surface area contributed by atoms with Gasteiger partial charge in [-0.3, -0.25) is 4.79 Å². The highest BCUT2D eigenvalue weighted by Crippen LogP contribution is 2.01. The Kier molecular flexibility index (Phi) is 2.79. The Morgan fingerprint density at radius 3 is 2.92 bits per heavy atom. The summed E-state index contributed by atoms with van der Waals surface area (Å²) < 4.78 is 17.4. The lowest BCUT2D eigenvalue weighted by Gasteiger charge is -2.01. The highest BCUT2D eigenvalue weighted by Gasteiger charge is 2.12. The number of aromatic nitrogens is 1. The first kappa shape index (κ1) is 9.44. The quantitative estimate of drug-likeness (QED) is 0.689. The fraction of sp³-hybridized carbons (Fsp3) is 0.250. The smallest absolute Gasteiger partial charge is 0.357 e. The third-order valence-electron chi connectivity index (χ3n) is 1.35. The zero-order chi connectivity index (χ0) is 9.84. The highest BCUT2D eigenvalue weighted by atomic mass is 19.1. The second-order valence-corrected chi connectivity index (χ2v) is 2.27. The summed E-state index contributed by atoms with van der Waals surface area (Å²) in [7, 11) is 0. The molecule has 0 radical (unpaired) electrons. The van der Waals surface area contributed by atoms with E-state index < -0.39 is 23.0 Å². The number of hydrogen-bond acceptors (Lipinski definition) is 3. The van der Waals surface area contributed by atoms with Gasteiger partial charge in [-0.05, 0) is 13.0 Å². The molecule has 1 N–H and O–H groups in total. The molecule has 0 spiro atoms. The van der Waals surface area contributed by atoms with Crippen LogP contribution in [0.15, 0.2) is 16.9 Å². The number of nitrogens with one attached hydrogen (secondary N) is 1. The number of pyridine rings is 1. The van der Waals surface area contributed by atoms with Crippen LogP contribution in [-0.2, 0) is 4.74 Å². The standard InChI is InChI=1S/C8H8FNO3/c1-2-13-8(12)7-5(9)3-4-6(11)10-7/h3-4H,2H2,1H3,(H,10,11). The number of carbonyl (C=O) groups is 1.